The minimum Gasteiger partial charge on any atom is -0.343 e. The van der Waals surface area contributed by atoms with Crippen molar-refractivity contribution in [2.45, 2.75) is 32.6 Å². The van der Waals surface area contributed by atoms with Gasteiger partial charge in [0.2, 0.25) is 11.7 Å². The van der Waals surface area contributed by atoms with E-state index in [0.29, 0.717) is 11.7 Å². The van der Waals surface area contributed by atoms with Gasteiger partial charge in [-0.2, -0.15) is 0 Å². The fourth-order valence-corrected chi connectivity index (χ4v) is 3.80. The average Bonchev–Trinajstić information content (AvgIpc) is 2.94. The molecule has 0 aliphatic carbocycles. The Morgan fingerprint density at radius 2 is 2.12 bits per heavy atom. The van der Waals surface area contributed by atoms with Gasteiger partial charge in [0.15, 0.2) is 0 Å². The van der Waals surface area contributed by atoms with Crippen LogP contribution in [0.15, 0.2) is 43.1 Å². The molecule has 1 aliphatic rings. The van der Waals surface area contributed by atoms with Crippen molar-refractivity contribution in [1.29, 1.82) is 0 Å². The van der Waals surface area contributed by atoms with Gasteiger partial charge in [-0.1, -0.05) is 0 Å². The third kappa shape index (κ3) is 3.45. The van der Waals surface area contributed by atoms with Crippen LogP contribution in [0.2, 0.25) is 0 Å². The van der Waals surface area contributed by atoms with Crippen molar-refractivity contribution in [3.05, 3.63) is 48.7 Å². The van der Waals surface area contributed by atoms with E-state index in [1.807, 2.05) is 40.2 Å². The first-order valence-corrected chi connectivity index (χ1v) is 9.18. The highest BCUT2D eigenvalue weighted by Gasteiger charge is 2.19. The van der Waals surface area contributed by atoms with Crippen LogP contribution in [0.5, 0.6) is 0 Å². The number of imidazole rings is 1. The van der Waals surface area contributed by atoms with Gasteiger partial charge in [-0.05, 0) is 49.3 Å². The fraction of sp³-hybridized carbons (Fsp3) is 0.400. The smallest absolute Gasteiger partial charge is 0.234 e. The molecular formula is C20H23N5O. The number of hydrogen-bond donors (Lipinski definition) is 0. The zero-order valence-corrected chi connectivity index (χ0v) is 15.0. The number of amides is 1. The zero-order chi connectivity index (χ0) is 17.9. The summed E-state index contributed by atoms with van der Waals surface area (Å²) in [5, 5.41) is 0. The maximum absolute atomic E-state index is 11.6. The molecule has 3 aromatic heterocycles. The van der Waals surface area contributed by atoms with Crippen molar-refractivity contribution in [3.63, 3.8) is 0 Å². The van der Waals surface area contributed by atoms with Gasteiger partial charge in [0, 0.05) is 50.4 Å². The Labute approximate surface area is 152 Å². The first kappa shape index (κ1) is 16.7. The molecule has 0 N–H and O–H groups in total. The molecule has 1 amide bonds. The molecule has 0 saturated carbocycles. The minimum absolute atomic E-state index is 0.190. The highest BCUT2D eigenvalue weighted by molar-refractivity contribution is 5.73. The molecule has 0 aromatic carbocycles. The molecule has 0 bridgehead atoms. The predicted molar refractivity (Wildman–Crippen MR) is 99.5 cm³/mol. The molecule has 26 heavy (non-hydrogen) atoms. The van der Waals surface area contributed by atoms with E-state index in [-0.39, 0.29) is 5.91 Å². The summed E-state index contributed by atoms with van der Waals surface area (Å²) in [6, 6.07) is 4.11. The van der Waals surface area contributed by atoms with Crippen molar-refractivity contribution in [2.24, 2.45) is 5.92 Å². The molecule has 1 fully saturated rings. The summed E-state index contributed by atoms with van der Waals surface area (Å²) in [5.41, 5.74) is 3.30. The Balaban J connectivity index is 1.52. The van der Waals surface area contributed by atoms with E-state index in [0.717, 1.165) is 50.0 Å². The first-order valence-electron chi connectivity index (χ1n) is 9.18. The molecule has 0 radical (unpaired) electrons. The Hall–Kier alpha value is -2.76. The molecule has 0 spiro atoms. The summed E-state index contributed by atoms with van der Waals surface area (Å²) in [6.45, 7) is 3.42. The van der Waals surface area contributed by atoms with Crippen LogP contribution in [0.25, 0.3) is 17.0 Å². The number of fused-ring (bicyclic) bond motifs is 1. The Kier molecular flexibility index (Phi) is 4.65. The summed E-state index contributed by atoms with van der Waals surface area (Å²) in [4.78, 5) is 26.7. The molecule has 1 atom stereocenters. The number of nitrogens with zero attached hydrogens (tertiary/aromatic N) is 5. The summed E-state index contributed by atoms with van der Waals surface area (Å²) in [7, 11) is 0. The van der Waals surface area contributed by atoms with E-state index in [1.54, 1.807) is 13.1 Å². The van der Waals surface area contributed by atoms with Crippen LogP contribution in [-0.2, 0) is 11.2 Å². The van der Waals surface area contributed by atoms with Gasteiger partial charge in [0.05, 0.1) is 11.9 Å². The van der Waals surface area contributed by atoms with Crippen molar-refractivity contribution < 1.29 is 4.79 Å². The number of carbonyl (C=O) groups is 1. The normalized spacial score (nSPS) is 18.0. The summed E-state index contributed by atoms with van der Waals surface area (Å²) >= 11 is 0. The van der Waals surface area contributed by atoms with Crippen LogP contribution in [0.4, 0.5) is 0 Å². The van der Waals surface area contributed by atoms with Gasteiger partial charge in [0.1, 0.15) is 0 Å². The summed E-state index contributed by atoms with van der Waals surface area (Å²) in [5.74, 6) is 1.48. The van der Waals surface area contributed by atoms with Gasteiger partial charge >= 0.3 is 0 Å². The van der Waals surface area contributed by atoms with Crippen LogP contribution < -0.4 is 0 Å². The number of rotatable bonds is 3. The number of carbonyl (C=O) groups excluding carboxylic acids is 1. The summed E-state index contributed by atoms with van der Waals surface area (Å²) < 4.78 is 1.98. The molecule has 6 nitrogen and oxygen atoms in total. The molecular weight excluding hydrogens is 326 g/mol. The number of aromatic nitrogens is 4. The maximum atomic E-state index is 11.6. The number of likely N-dealkylation sites (tertiary alicyclic amines) is 1. The minimum atomic E-state index is 0.190. The van der Waals surface area contributed by atoms with E-state index in [9.17, 15) is 4.79 Å². The molecule has 1 saturated heterocycles. The monoisotopic (exact) mass is 349 g/mol. The van der Waals surface area contributed by atoms with Gasteiger partial charge in [-0.15, -0.1) is 0 Å². The highest BCUT2D eigenvalue weighted by atomic mass is 16.2. The highest BCUT2D eigenvalue weighted by Crippen LogP contribution is 2.25. The van der Waals surface area contributed by atoms with E-state index in [1.165, 1.54) is 5.56 Å². The van der Waals surface area contributed by atoms with E-state index in [2.05, 4.69) is 21.0 Å². The standard InChI is InChI=1S/C20H23N5O/c1-15(26)24-7-2-4-16(5-9-24)10-17-11-18(13-21-12-17)19-14-23-20-22-6-3-8-25(19)20/h3,6,8,11-14,16H,2,4-5,7,9-10H2,1H3. The van der Waals surface area contributed by atoms with Crippen LogP contribution >= 0.6 is 0 Å². The van der Waals surface area contributed by atoms with Gasteiger partial charge in [0.25, 0.3) is 0 Å². The van der Waals surface area contributed by atoms with Gasteiger partial charge in [-0.25, -0.2) is 9.97 Å². The third-order valence-electron chi connectivity index (χ3n) is 5.20. The molecule has 3 aromatic rings. The lowest BCUT2D eigenvalue weighted by atomic mass is 9.93. The lowest BCUT2D eigenvalue weighted by Gasteiger charge is -2.18. The van der Waals surface area contributed by atoms with Crippen LogP contribution in [0.3, 0.4) is 0 Å². The van der Waals surface area contributed by atoms with Crippen molar-refractivity contribution in [2.75, 3.05) is 13.1 Å². The average molecular weight is 349 g/mol. The largest absolute Gasteiger partial charge is 0.343 e. The Bertz CT molecular complexity index is 919. The summed E-state index contributed by atoms with van der Waals surface area (Å²) in [6.07, 6.45) is 13.7. The van der Waals surface area contributed by atoms with Crippen LogP contribution in [0.1, 0.15) is 31.7 Å². The van der Waals surface area contributed by atoms with E-state index in [4.69, 9.17) is 0 Å². The van der Waals surface area contributed by atoms with Crippen LogP contribution in [-0.4, -0.2) is 43.2 Å². The van der Waals surface area contributed by atoms with Crippen molar-refractivity contribution in [1.82, 2.24) is 24.3 Å². The molecule has 6 heteroatoms. The molecule has 4 rings (SSSR count). The second-order valence-corrected chi connectivity index (χ2v) is 7.02. The van der Waals surface area contributed by atoms with E-state index >= 15 is 0 Å². The Morgan fingerprint density at radius 3 is 3.00 bits per heavy atom. The van der Waals surface area contributed by atoms with Gasteiger partial charge in [-0.3, -0.25) is 14.2 Å². The van der Waals surface area contributed by atoms with Crippen molar-refractivity contribution >= 4 is 11.7 Å². The lowest BCUT2D eigenvalue weighted by Crippen LogP contribution is -2.29. The maximum Gasteiger partial charge on any atom is 0.234 e. The van der Waals surface area contributed by atoms with E-state index < -0.39 is 0 Å². The SMILES string of the molecule is CC(=O)N1CCCC(Cc2cncc(-c3cnc4ncccn34)c2)CC1. The zero-order valence-electron chi connectivity index (χ0n) is 15.0. The molecule has 1 unspecified atom stereocenters. The van der Waals surface area contributed by atoms with Crippen molar-refractivity contribution in [3.8, 4) is 11.3 Å². The number of hydrogen-bond acceptors (Lipinski definition) is 4. The molecule has 134 valence electrons. The van der Waals surface area contributed by atoms with Gasteiger partial charge < -0.3 is 4.90 Å². The second kappa shape index (κ2) is 7.23. The third-order valence-corrected chi connectivity index (χ3v) is 5.20. The quantitative estimate of drug-likeness (QED) is 0.729. The second-order valence-electron chi connectivity index (χ2n) is 7.02. The molecule has 1 aliphatic heterocycles. The fourth-order valence-electron chi connectivity index (χ4n) is 3.80. The Morgan fingerprint density at radius 1 is 1.19 bits per heavy atom. The topological polar surface area (TPSA) is 63.4 Å². The van der Waals surface area contributed by atoms with Crippen LogP contribution in [0, 0.1) is 5.92 Å². The molecule has 4 heterocycles. The first-order chi connectivity index (χ1) is 12.7. The predicted octanol–water partition coefficient (Wildman–Crippen LogP) is 2.98. The lowest BCUT2D eigenvalue weighted by molar-refractivity contribution is -0.128. The number of pyridine rings is 1.